The Kier molecular flexibility index (Phi) is 4.17. The van der Waals surface area contributed by atoms with Gasteiger partial charge in [0, 0.05) is 11.8 Å². The Hall–Kier alpha value is -1.37. The summed E-state index contributed by atoms with van der Waals surface area (Å²) in [4.78, 5) is 3.51. The smallest absolute Gasteiger partial charge is 0.263 e. The molecule has 0 aliphatic carbocycles. The molecule has 2 rings (SSSR count). The highest BCUT2D eigenvalue weighted by atomic mass is 35.5. The Morgan fingerprint density at radius 3 is 2.65 bits per heavy atom. The zero-order valence-corrected chi connectivity index (χ0v) is 12.5. The molecule has 1 N–H and O–H groups in total. The van der Waals surface area contributed by atoms with Crippen LogP contribution in [-0.2, 0) is 10.0 Å². The Labute approximate surface area is 125 Å². The molecule has 20 heavy (non-hydrogen) atoms. The molecule has 0 saturated carbocycles. The molecule has 0 aliphatic rings. The zero-order valence-electron chi connectivity index (χ0n) is 10.2. The van der Waals surface area contributed by atoms with E-state index < -0.39 is 15.8 Å². The van der Waals surface area contributed by atoms with Gasteiger partial charge < -0.3 is 0 Å². The Balaban J connectivity index is 2.41. The lowest BCUT2D eigenvalue weighted by molar-refractivity contribution is 0.600. The quantitative estimate of drug-likeness (QED) is 0.872. The summed E-state index contributed by atoms with van der Waals surface area (Å²) in [7, 11) is -3.91. The van der Waals surface area contributed by atoms with Gasteiger partial charge in [0.15, 0.2) is 0 Å². The first-order valence-electron chi connectivity index (χ1n) is 5.40. The fraction of sp³-hybridized carbons (Fsp3) is 0.0833. The third-order valence-corrected chi connectivity index (χ3v) is 4.61. The number of nitrogens with one attached hydrogen (secondary N) is 1. The summed E-state index contributed by atoms with van der Waals surface area (Å²) in [6.45, 7) is 1.47. The van der Waals surface area contributed by atoms with Crippen LogP contribution < -0.4 is 4.72 Å². The van der Waals surface area contributed by atoms with Gasteiger partial charge in [0.1, 0.15) is 15.9 Å². The van der Waals surface area contributed by atoms with Crippen molar-refractivity contribution in [1.29, 1.82) is 0 Å². The molecule has 2 aromatic rings. The van der Waals surface area contributed by atoms with Gasteiger partial charge in [-0.15, -0.1) is 0 Å². The van der Waals surface area contributed by atoms with Gasteiger partial charge >= 0.3 is 0 Å². The predicted molar refractivity (Wildman–Crippen MR) is 76.2 cm³/mol. The molecule has 0 saturated heterocycles. The predicted octanol–water partition coefficient (Wildman–Crippen LogP) is 3.64. The summed E-state index contributed by atoms with van der Waals surface area (Å²) < 4.78 is 40.0. The summed E-state index contributed by atoms with van der Waals surface area (Å²) >= 11 is 11.4. The topological polar surface area (TPSA) is 59.1 Å². The van der Waals surface area contributed by atoms with Gasteiger partial charge in [0.25, 0.3) is 10.0 Å². The van der Waals surface area contributed by atoms with E-state index in [0.29, 0.717) is 0 Å². The van der Waals surface area contributed by atoms with Crippen molar-refractivity contribution in [3.63, 3.8) is 0 Å². The van der Waals surface area contributed by atoms with E-state index >= 15 is 0 Å². The highest BCUT2D eigenvalue weighted by Gasteiger charge is 2.18. The normalized spacial score (nSPS) is 11.4. The van der Waals surface area contributed by atoms with Crippen LogP contribution in [0.4, 0.5) is 10.1 Å². The highest BCUT2D eigenvalue weighted by molar-refractivity contribution is 7.92. The molecule has 0 atom stereocenters. The van der Waals surface area contributed by atoms with Crippen LogP contribution in [0.1, 0.15) is 5.56 Å². The van der Waals surface area contributed by atoms with Crippen LogP contribution in [0, 0.1) is 12.7 Å². The second-order valence-corrected chi connectivity index (χ2v) is 6.41. The van der Waals surface area contributed by atoms with Gasteiger partial charge in [0.05, 0.1) is 10.7 Å². The third-order valence-electron chi connectivity index (χ3n) is 2.59. The lowest BCUT2D eigenvalue weighted by atomic mass is 10.2. The van der Waals surface area contributed by atoms with Crippen LogP contribution in [-0.4, -0.2) is 13.4 Å². The second-order valence-electron chi connectivity index (χ2n) is 3.96. The van der Waals surface area contributed by atoms with Crippen LogP contribution in [0.3, 0.4) is 0 Å². The Morgan fingerprint density at radius 2 is 2.00 bits per heavy atom. The van der Waals surface area contributed by atoms with Crippen molar-refractivity contribution in [2.45, 2.75) is 11.8 Å². The maximum absolute atomic E-state index is 13.4. The monoisotopic (exact) mass is 334 g/mol. The van der Waals surface area contributed by atoms with Gasteiger partial charge in [-0.2, -0.15) is 0 Å². The highest BCUT2D eigenvalue weighted by Crippen LogP contribution is 2.25. The number of sulfonamides is 1. The molecule has 106 valence electrons. The maximum Gasteiger partial charge on any atom is 0.263 e. The van der Waals surface area contributed by atoms with E-state index in [4.69, 9.17) is 23.2 Å². The number of aromatic nitrogens is 1. The van der Waals surface area contributed by atoms with Crippen molar-refractivity contribution in [2.75, 3.05) is 4.72 Å². The summed E-state index contributed by atoms with van der Waals surface area (Å²) in [5, 5.41) is 0.0260. The molecule has 0 aliphatic heterocycles. The number of anilines is 1. The number of benzene rings is 1. The second kappa shape index (κ2) is 5.55. The van der Waals surface area contributed by atoms with Crippen LogP contribution in [0.15, 0.2) is 35.4 Å². The molecule has 8 heteroatoms. The molecule has 1 aromatic heterocycles. The average Bonchev–Trinajstić information content (AvgIpc) is 2.38. The van der Waals surface area contributed by atoms with E-state index in [1.54, 1.807) is 0 Å². The molecule has 1 heterocycles. The molecular weight excluding hydrogens is 326 g/mol. The fourth-order valence-electron chi connectivity index (χ4n) is 1.47. The fourth-order valence-corrected chi connectivity index (χ4v) is 2.90. The molecular formula is C12H9Cl2FN2O2S. The summed E-state index contributed by atoms with van der Waals surface area (Å²) in [6.07, 6.45) is 1.07. The molecule has 0 bridgehead atoms. The van der Waals surface area contributed by atoms with Gasteiger partial charge in [-0.3, -0.25) is 4.72 Å². The number of nitrogens with zero attached hydrogens (tertiary/aromatic N) is 1. The van der Waals surface area contributed by atoms with E-state index in [9.17, 15) is 12.8 Å². The number of rotatable bonds is 3. The number of hydrogen-bond donors (Lipinski definition) is 1. The Bertz CT molecular complexity index is 766. The first kappa shape index (κ1) is 15.0. The minimum Gasteiger partial charge on any atom is -0.279 e. The van der Waals surface area contributed by atoms with Gasteiger partial charge in [-0.05, 0) is 25.1 Å². The van der Waals surface area contributed by atoms with Crippen LogP contribution >= 0.6 is 23.2 Å². The standard InChI is InChI=1S/C12H9Cl2FN2O2S/c1-7-10(15)3-2-4-11(7)17-20(18,19)8-5-9(13)12(14)16-6-8/h2-6,17H,1H3. The summed E-state index contributed by atoms with van der Waals surface area (Å²) in [5.41, 5.74) is 0.347. The van der Waals surface area contributed by atoms with Crippen molar-refractivity contribution < 1.29 is 12.8 Å². The van der Waals surface area contributed by atoms with Gasteiger partial charge in [-0.25, -0.2) is 17.8 Å². The molecule has 0 fully saturated rings. The minimum atomic E-state index is -3.91. The number of pyridine rings is 1. The van der Waals surface area contributed by atoms with Crippen molar-refractivity contribution >= 4 is 38.9 Å². The van der Waals surface area contributed by atoms with Crippen molar-refractivity contribution in [2.24, 2.45) is 0 Å². The Morgan fingerprint density at radius 1 is 1.30 bits per heavy atom. The first-order chi connectivity index (χ1) is 9.31. The lowest BCUT2D eigenvalue weighted by Crippen LogP contribution is -2.14. The van der Waals surface area contributed by atoms with E-state index in [-0.39, 0.29) is 26.3 Å². The van der Waals surface area contributed by atoms with Crippen molar-refractivity contribution in [3.05, 3.63) is 52.0 Å². The van der Waals surface area contributed by atoms with Crippen molar-refractivity contribution in [1.82, 2.24) is 4.98 Å². The maximum atomic E-state index is 13.4. The van der Waals surface area contributed by atoms with Crippen molar-refractivity contribution in [3.8, 4) is 0 Å². The summed E-state index contributed by atoms with van der Waals surface area (Å²) in [6, 6.07) is 5.29. The van der Waals surface area contributed by atoms with Crippen LogP contribution in [0.2, 0.25) is 10.2 Å². The van der Waals surface area contributed by atoms with E-state index in [1.165, 1.54) is 31.2 Å². The average molecular weight is 335 g/mol. The SMILES string of the molecule is Cc1c(F)cccc1NS(=O)(=O)c1cnc(Cl)c(Cl)c1. The van der Waals surface area contributed by atoms with Crippen LogP contribution in [0.25, 0.3) is 0 Å². The molecule has 1 aromatic carbocycles. The van der Waals surface area contributed by atoms with Crippen LogP contribution in [0.5, 0.6) is 0 Å². The number of halogens is 3. The molecule has 0 amide bonds. The van der Waals surface area contributed by atoms with E-state index in [0.717, 1.165) is 6.20 Å². The first-order valence-corrected chi connectivity index (χ1v) is 7.64. The summed E-state index contributed by atoms with van der Waals surface area (Å²) in [5.74, 6) is -0.502. The van der Waals surface area contributed by atoms with E-state index in [2.05, 4.69) is 9.71 Å². The van der Waals surface area contributed by atoms with Gasteiger partial charge in [-0.1, -0.05) is 29.3 Å². The molecule has 0 unspecified atom stereocenters. The minimum absolute atomic E-state index is 0.00699. The molecule has 0 radical (unpaired) electrons. The van der Waals surface area contributed by atoms with Gasteiger partial charge in [0.2, 0.25) is 0 Å². The largest absolute Gasteiger partial charge is 0.279 e. The third kappa shape index (κ3) is 3.03. The lowest BCUT2D eigenvalue weighted by Gasteiger charge is -2.11. The van der Waals surface area contributed by atoms with E-state index in [1.807, 2.05) is 0 Å². The molecule has 4 nitrogen and oxygen atoms in total. The molecule has 0 spiro atoms. The zero-order chi connectivity index (χ0) is 14.9. The number of hydrogen-bond acceptors (Lipinski definition) is 3.